The summed E-state index contributed by atoms with van der Waals surface area (Å²) in [6.07, 6.45) is 0. The Morgan fingerprint density at radius 2 is 2.15 bits per heavy atom. The number of carbonyl (C=O) groups excluding carboxylic acids is 1. The smallest absolute Gasteiger partial charge is 0.268 e. The topological polar surface area (TPSA) is 96.8 Å². The summed E-state index contributed by atoms with van der Waals surface area (Å²) in [6.45, 7) is 2.91. The lowest BCUT2D eigenvalue weighted by Gasteiger charge is -2.16. The summed E-state index contributed by atoms with van der Waals surface area (Å²) in [7, 11) is 1.67. The molecule has 3 aromatic heterocycles. The molecule has 1 N–H and O–H groups in total. The van der Waals surface area contributed by atoms with Crippen LogP contribution >= 0.6 is 11.3 Å². The van der Waals surface area contributed by atoms with Crippen molar-refractivity contribution in [3.05, 3.63) is 51.4 Å². The average molecular weight is 368 g/mol. The largest absolute Gasteiger partial charge is 0.334 e. The minimum atomic E-state index is -0.182. The molecule has 0 aliphatic rings. The third-order valence-electron chi connectivity index (χ3n) is 4.16. The van der Waals surface area contributed by atoms with Gasteiger partial charge in [-0.25, -0.2) is 9.67 Å². The number of rotatable bonds is 4. The Balaban J connectivity index is 1.59. The fraction of sp³-hybridized carbons (Fsp3) is 0.235. The van der Waals surface area contributed by atoms with Crippen LogP contribution in [0.3, 0.4) is 0 Å². The first-order valence-corrected chi connectivity index (χ1v) is 9.00. The number of hydrogen-bond acceptors (Lipinski definition) is 6. The van der Waals surface area contributed by atoms with Crippen LogP contribution in [0.1, 0.15) is 23.1 Å². The molecule has 0 fully saturated rings. The first-order valence-electron chi connectivity index (χ1n) is 8.12. The van der Waals surface area contributed by atoms with E-state index in [1.54, 1.807) is 29.9 Å². The second-order valence-corrected chi connectivity index (χ2v) is 6.83. The Morgan fingerprint density at radius 3 is 2.96 bits per heavy atom. The minimum absolute atomic E-state index is 0.175. The molecular weight excluding hydrogens is 352 g/mol. The highest BCUT2D eigenvalue weighted by molar-refractivity contribution is 7.17. The zero-order valence-electron chi connectivity index (χ0n) is 14.3. The summed E-state index contributed by atoms with van der Waals surface area (Å²) in [5.74, 6) is 0.278. The van der Waals surface area contributed by atoms with E-state index in [-0.39, 0.29) is 18.0 Å². The molecule has 0 atom stereocenters. The van der Waals surface area contributed by atoms with Crippen molar-refractivity contribution < 1.29 is 4.79 Å². The molecule has 132 valence electrons. The Bertz CT molecular complexity index is 1170. The molecule has 0 aliphatic heterocycles. The molecule has 4 rings (SSSR count). The summed E-state index contributed by atoms with van der Waals surface area (Å²) in [5, 5.41) is 9.98. The standard InChI is InChI=1S/C17H16N6O2S/c1-3-23-13-5-4-10(8-12(13)20-21-23)17(25)22(2)9-14-18-11-6-7-26-15(11)16(24)19-14/h4-8H,3,9H2,1-2H3,(H,18,19,24). The van der Waals surface area contributed by atoms with Crippen LogP contribution in [0, 0.1) is 0 Å². The molecule has 0 unspecified atom stereocenters. The van der Waals surface area contributed by atoms with Crippen molar-refractivity contribution in [2.45, 2.75) is 20.0 Å². The number of H-pyrrole nitrogens is 1. The van der Waals surface area contributed by atoms with E-state index in [4.69, 9.17) is 0 Å². The van der Waals surface area contributed by atoms with Crippen LogP contribution in [0.2, 0.25) is 0 Å². The maximum Gasteiger partial charge on any atom is 0.268 e. The predicted octanol–water partition coefficient (Wildman–Crippen LogP) is 2.02. The van der Waals surface area contributed by atoms with Crippen LogP contribution in [0.5, 0.6) is 0 Å². The van der Waals surface area contributed by atoms with Gasteiger partial charge in [-0.3, -0.25) is 9.59 Å². The Kier molecular flexibility index (Phi) is 4.00. The molecule has 0 saturated carbocycles. The quantitative estimate of drug-likeness (QED) is 0.594. The summed E-state index contributed by atoms with van der Waals surface area (Å²) in [5.41, 5.74) is 2.55. The zero-order valence-corrected chi connectivity index (χ0v) is 15.1. The number of nitrogens with zero attached hydrogens (tertiary/aromatic N) is 5. The summed E-state index contributed by atoms with van der Waals surface area (Å²) < 4.78 is 2.37. The van der Waals surface area contributed by atoms with Gasteiger partial charge in [0.05, 0.1) is 17.6 Å². The lowest BCUT2D eigenvalue weighted by atomic mass is 10.1. The van der Waals surface area contributed by atoms with Crippen LogP contribution < -0.4 is 5.56 Å². The van der Waals surface area contributed by atoms with Gasteiger partial charge in [-0.15, -0.1) is 16.4 Å². The molecule has 3 heterocycles. The maximum atomic E-state index is 12.7. The average Bonchev–Trinajstić information content (AvgIpc) is 3.26. The van der Waals surface area contributed by atoms with Gasteiger partial charge in [0.25, 0.3) is 11.5 Å². The molecule has 4 aromatic rings. The molecule has 0 saturated heterocycles. The summed E-state index contributed by atoms with van der Waals surface area (Å²) in [4.78, 5) is 33.4. The summed E-state index contributed by atoms with van der Waals surface area (Å²) >= 11 is 1.35. The van der Waals surface area contributed by atoms with Crippen LogP contribution in [-0.4, -0.2) is 42.8 Å². The summed E-state index contributed by atoms with van der Waals surface area (Å²) in [6, 6.07) is 7.13. The number of thiophene rings is 1. The second kappa shape index (κ2) is 6.34. The second-order valence-electron chi connectivity index (χ2n) is 5.92. The van der Waals surface area contributed by atoms with Crippen LogP contribution in [-0.2, 0) is 13.1 Å². The van der Waals surface area contributed by atoms with E-state index in [9.17, 15) is 9.59 Å². The van der Waals surface area contributed by atoms with Gasteiger partial charge < -0.3 is 9.88 Å². The molecule has 0 bridgehead atoms. The molecule has 9 heteroatoms. The van der Waals surface area contributed by atoms with Crippen molar-refractivity contribution in [1.82, 2.24) is 29.9 Å². The number of hydrogen-bond donors (Lipinski definition) is 1. The molecule has 1 aromatic carbocycles. The van der Waals surface area contributed by atoms with Crippen molar-refractivity contribution in [2.24, 2.45) is 0 Å². The Hall–Kier alpha value is -3.07. The molecule has 8 nitrogen and oxygen atoms in total. The van der Waals surface area contributed by atoms with E-state index in [2.05, 4.69) is 20.3 Å². The fourth-order valence-electron chi connectivity index (χ4n) is 2.85. The van der Waals surface area contributed by atoms with E-state index < -0.39 is 0 Å². The Labute approximate surface area is 152 Å². The van der Waals surface area contributed by atoms with Gasteiger partial charge >= 0.3 is 0 Å². The van der Waals surface area contributed by atoms with Crippen LogP contribution in [0.25, 0.3) is 21.3 Å². The van der Waals surface area contributed by atoms with Crippen LogP contribution in [0.4, 0.5) is 0 Å². The fourth-order valence-corrected chi connectivity index (χ4v) is 3.58. The first-order chi connectivity index (χ1) is 12.6. The van der Waals surface area contributed by atoms with E-state index in [1.807, 2.05) is 18.4 Å². The molecule has 0 aliphatic carbocycles. The number of fused-ring (bicyclic) bond motifs is 2. The third kappa shape index (κ3) is 2.76. The van der Waals surface area contributed by atoms with E-state index in [0.29, 0.717) is 33.7 Å². The number of aromatic nitrogens is 5. The number of aromatic amines is 1. The van der Waals surface area contributed by atoms with Crippen molar-refractivity contribution in [2.75, 3.05) is 7.05 Å². The highest BCUT2D eigenvalue weighted by atomic mass is 32.1. The predicted molar refractivity (Wildman–Crippen MR) is 99.2 cm³/mol. The monoisotopic (exact) mass is 368 g/mol. The van der Waals surface area contributed by atoms with Crippen LogP contribution in [0.15, 0.2) is 34.4 Å². The zero-order chi connectivity index (χ0) is 18.3. The van der Waals surface area contributed by atoms with Gasteiger partial charge in [-0.1, -0.05) is 5.21 Å². The van der Waals surface area contributed by atoms with Gasteiger partial charge in [0.2, 0.25) is 0 Å². The molecule has 0 radical (unpaired) electrons. The van der Waals surface area contributed by atoms with Crippen molar-refractivity contribution in [3.8, 4) is 0 Å². The van der Waals surface area contributed by atoms with Gasteiger partial charge in [0.15, 0.2) is 0 Å². The maximum absolute atomic E-state index is 12.7. The first kappa shape index (κ1) is 16.4. The normalized spacial score (nSPS) is 11.3. The minimum Gasteiger partial charge on any atom is -0.334 e. The number of carbonyl (C=O) groups is 1. The van der Waals surface area contributed by atoms with Gasteiger partial charge in [-0.05, 0) is 36.6 Å². The van der Waals surface area contributed by atoms with E-state index in [0.717, 1.165) is 5.52 Å². The van der Waals surface area contributed by atoms with E-state index in [1.165, 1.54) is 16.2 Å². The highest BCUT2D eigenvalue weighted by Crippen LogP contribution is 2.16. The molecule has 1 amide bonds. The highest BCUT2D eigenvalue weighted by Gasteiger charge is 2.16. The van der Waals surface area contributed by atoms with Gasteiger partial charge in [0.1, 0.15) is 16.0 Å². The van der Waals surface area contributed by atoms with E-state index >= 15 is 0 Å². The number of nitrogens with one attached hydrogen (secondary N) is 1. The van der Waals surface area contributed by atoms with Crippen molar-refractivity contribution in [1.29, 1.82) is 0 Å². The SMILES string of the molecule is CCn1nnc2cc(C(=O)N(C)Cc3nc4ccsc4c(=O)[nH]3)ccc21. The van der Waals surface area contributed by atoms with Crippen molar-refractivity contribution >= 4 is 38.5 Å². The number of amides is 1. The molecule has 26 heavy (non-hydrogen) atoms. The lowest BCUT2D eigenvalue weighted by Crippen LogP contribution is -2.28. The number of benzene rings is 1. The molecular formula is C17H16N6O2S. The van der Waals surface area contributed by atoms with Crippen molar-refractivity contribution in [3.63, 3.8) is 0 Å². The third-order valence-corrected chi connectivity index (χ3v) is 5.06. The van der Waals surface area contributed by atoms with Gasteiger partial charge in [0, 0.05) is 19.2 Å². The molecule has 0 spiro atoms. The van der Waals surface area contributed by atoms with Gasteiger partial charge in [-0.2, -0.15) is 0 Å². The number of aryl methyl sites for hydroxylation is 1. The lowest BCUT2D eigenvalue weighted by molar-refractivity contribution is 0.0781. The Morgan fingerprint density at radius 1 is 1.31 bits per heavy atom.